The van der Waals surface area contributed by atoms with Gasteiger partial charge in [-0.25, -0.2) is 4.98 Å². The third kappa shape index (κ3) is 3.48. The van der Waals surface area contributed by atoms with Crippen molar-refractivity contribution < 1.29 is 4.79 Å². The summed E-state index contributed by atoms with van der Waals surface area (Å²) in [7, 11) is 0. The van der Waals surface area contributed by atoms with Gasteiger partial charge in [-0.15, -0.1) is 11.3 Å². The Morgan fingerprint density at radius 1 is 1.30 bits per heavy atom. The van der Waals surface area contributed by atoms with E-state index in [0.29, 0.717) is 11.5 Å². The van der Waals surface area contributed by atoms with Gasteiger partial charge in [0, 0.05) is 23.8 Å². The van der Waals surface area contributed by atoms with Crippen molar-refractivity contribution >= 4 is 22.2 Å². The molecule has 2 aromatic heterocycles. The third-order valence-electron chi connectivity index (χ3n) is 3.54. The van der Waals surface area contributed by atoms with E-state index in [1.807, 2.05) is 25.1 Å². The Morgan fingerprint density at radius 2 is 2.09 bits per heavy atom. The van der Waals surface area contributed by atoms with Crippen LogP contribution in [0.25, 0.3) is 4.96 Å². The van der Waals surface area contributed by atoms with Gasteiger partial charge in [-0.2, -0.15) is 0 Å². The van der Waals surface area contributed by atoms with Gasteiger partial charge < -0.3 is 5.32 Å². The maximum absolute atomic E-state index is 12.3. The van der Waals surface area contributed by atoms with Gasteiger partial charge in [0.1, 0.15) is 5.56 Å². The van der Waals surface area contributed by atoms with Gasteiger partial charge in [-0.05, 0) is 25.3 Å². The maximum atomic E-state index is 12.3. The molecule has 0 aliphatic heterocycles. The molecule has 0 saturated heterocycles. The summed E-state index contributed by atoms with van der Waals surface area (Å²) in [5, 5.41) is 2.79. The SMILES string of the molecule is Cc1cn2c(=O)c(C(=O)NCCCc3ccccc3)cnc2s1. The van der Waals surface area contributed by atoms with Gasteiger partial charge in [0.25, 0.3) is 11.5 Å². The molecule has 118 valence electrons. The number of carbonyl (C=O) groups is 1. The number of fused-ring (bicyclic) bond motifs is 1. The molecule has 3 aromatic rings. The van der Waals surface area contributed by atoms with E-state index in [9.17, 15) is 9.59 Å². The molecule has 6 heteroatoms. The Hall–Kier alpha value is -2.47. The van der Waals surface area contributed by atoms with Crippen LogP contribution in [0.4, 0.5) is 0 Å². The van der Waals surface area contributed by atoms with Crippen LogP contribution in [0.2, 0.25) is 0 Å². The minimum absolute atomic E-state index is 0.0833. The van der Waals surface area contributed by atoms with Crippen LogP contribution < -0.4 is 10.9 Å². The normalized spacial score (nSPS) is 10.8. The summed E-state index contributed by atoms with van der Waals surface area (Å²) in [5.41, 5.74) is 0.999. The van der Waals surface area contributed by atoms with Gasteiger partial charge in [-0.3, -0.25) is 14.0 Å². The summed E-state index contributed by atoms with van der Waals surface area (Å²) < 4.78 is 1.43. The van der Waals surface area contributed by atoms with Crippen LogP contribution in [0, 0.1) is 6.92 Å². The molecule has 0 unspecified atom stereocenters. The first kappa shape index (κ1) is 15.4. The highest BCUT2D eigenvalue weighted by Gasteiger charge is 2.13. The number of hydrogen-bond donors (Lipinski definition) is 1. The quantitative estimate of drug-likeness (QED) is 0.732. The number of rotatable bonds is 5. The minimum atomic E-state index is -0.367. The first-order valence-electron chi connectivity index (χ1n) is 7.45. The Morgan fingerprint density at radius 3 is 2.87 bits per heavy atom. The van der Waals surface area contributed by atoms with Crippen molar-refractivity contribution in [2.24, 2.45) is 0 Å². The number of benzene rings is 1. The van der Waals surface area contributed by atoms with E-state index < -0.39 is 0 Å². The van der Waals surface area contributed by atoms with Gasteiger partial charge in [0.05, 0.1) is 0 Å². The molecule has 0 aliphatic carbocycles. The zero-order chi connectivity index (χ0) is 16.2. The molecule has 23 heavy (non-hydrogen) atoms. The van der Waals surface area contributed by atoms with Gasteiger partial charge in [0.2, 0.25) is 0 Å². The average molecular weight is 327 g/mol. The summed E-state index contributed by atoms with van der Waals surface area (Å²) in [6.45, 7) is 2.43. The molecular weight excluding hydrogens is 310 g/mol. The van der Waals surface area contributed by atoms with E-state index in [-0.39, 0.29) is 17.0 Å². The lowest BCUT2D eigenvalue weighted by Crippen LogP contribution is -2.31. The number of aryl methyl sites for hydroxylation is 2. The van der Waals surface area contributed by atoms with E-state index in [4.69, 9.17) is 0 Å². The fraction of sp³-hybridized carbons (Fsp3) is 0.235. The van der Waals surface area contributed by atoms with Crippen molar-refractivity contribution in [3.05, 3.63) is 69.1 Å². The lowest BCUT2D eigenvalue weighted by atomic mass is 10.1. The van der Waals surface area contributed by atoms with Crippen LogP contribution in [-0.4, -0.2) is 21.8 Å². The molecule has 0 spiro atoms. The van der Waals surface area contributed by atoms with E-state index >= 15 is 0 Å². The van der Waals surface area contributed by atoms with Crippen LogP contribution in [0.1, 0.15) is 27.2 Å². The van der Waals surface area contributed by atoms with Crippen molar-refractivity contribution in [3.8, 4) is 0 Å². The predicted molar refractivity (Wildman–Crippen MR) is 91.2 cm³/mol. The highest BCUT2D eigenvalue weighted by Crippen LogP contribution is 2.12. The van der Waals surface area contributed by atoms with Crippen molar-refractivity contribution in [2.45, 2.75) is 19.8 Å². The van der Waals surface area contributed by atoms with Gasteiger partial charge in [0.15, 0.2) is 4.96 Å². The summed E-state index contributed by atoms with van der Waals surface area (Å²) in [6, 6.07) is 10.1. The van der Waals surface area contributed by atoms with Crippen molar-refractivity contribution in [1.82, 2.24) is 14.7 Å². The molecule has 0 radical (unpaired) electrons. The molecule has 0 aliphatic rings. The molecule has 1 amide bonds. The fourth-order valence-corrected chi connectivity index (χ4v) is 3.17. The monoisotopic (exact) mass is 327 g/mol. The first-order valence-corrected chi connectivity index (χ1v) is 8.27. The Balaban J connectivity index is 1.62. The van der Waals surface area contributed by atoms with Crippen LogP contribution in [-0.2, 0) is 6.42 Å². The molecule has 0 atom stereocenters. The van der Waals surface area contributed by atoms with E-state index in [0.717, 1.165) is 17.7 Å². The highest BCUT2D eigenvalue weighted by atomic mass is 32.1. The van der Waals surface area contributed by atoms with Crippen LogP contribution >= 0.6 is 11.3 Å². The van der Waals surface area contributed by atoms with Crippen LogP contribution in [0.15, 0.2) is 47.5 Å². The molecule has 2 heterocycles. The molecular formula is C17H17N3O2S. The Kier molecular flexibility index (Phi) is 4.52. The summed E-state index contributed by atoms with van der Waals surface area (Å²) in [6.07, 6.45) is 4.78. The van der Waals surface area contributed by atoms with Gasteiger partial charge >= 0.3 is 0 Å². The van der Waals surface area contributed by atoms with Crippen LogP contribution in [0.3, 0.4) is 0 Å². The fourth-order valence-electron chi connectivity index (χ4n) is 2.39. The number of thiazole rings is 1. The number of nitrogens with zero attached hydrogens (tertiary/aromatic N) is 2. The molecule has 0 saturated carbocycles. The lowest BCUT2D eigenvalue weighted by Gasteiger charge is -2.05. The topological polar surface area (TPSA) is 63.5 Å². The molecule has 5 nitrogen and oxygen atoms in total. The second kappa shape index (κ2) is 6.75. The average Bonchev–Trinajstić information content (AvgIpc) is 2.94. The third-order valence-corrected chi connectivity index (χ3v) is 4.45. The lowest BCUT2D eigenvalue weighted by molar-refractivity contribution is 0.0951. The summed E-state index contributed by atoms with van der Waals surface area (Å²) in [4.78, 5) is 30.2. The smallest absolute Gasteiger partial charge is 0.271 e. The molecule has 1 aromatic carbocycles. The van der Waals surface area contributed by atoms with E-state index in [2.05, 4.69) is 22.4 Å². The maximum Gasteiger partial charge on any atom is 0.271 e. The number of amides is 1. The molecule has 0 bridgehead atoms. The number of aromatic nitrogens is 2. The minimum Gasteiger partial charge on any atom is -0.352 e. The van der Waals surface area contributed by atoms with Crippen molar-refractivity contribution in [2.75, 3.05) is 6.54 Å². The van der Waals surface area contributed by atoms with Crippen molar-refractivity contribution in [1.29, 1.82) is 0 Å². The molecule has 1 N–H and O–H groups in total. The number of nitrogens with one attached hydrogen (secondary N) is 1. The second-order valence-corrected chi connectivity index (χ2v) is 6.53. The largest absolute Gasteiger partial charge is 0.352 e. The predicted octanol–water partition coefficient (Wildman–Crippen LogP) is 2.43. The Labute approximate surface area is 137 Å². The van der Waals surface area contributed by atoms with E-state index in [1.54, 1.807) is 6.20 Å². The van der Waals surface area contributed by atoms with E-state index in [1.165, 1.54) is 27.5 Å². The van der Waals surface area contributed by atoms with Crippen LogP contribution in [0.5, 0.6) is 0 Å². The summed E-state index contributed by atoms with van der Waals surface area (Å²) >= 11 is 1.43. The number of hydrogen-bond acceptors (Lipinski definition) is 4. The zero-order valence-corrected chi connectivity index (χ0v) is 13.6. The molecule has 3 rings (SSSR count). The standard InChI is InChI=1S/C17H17N3O2S/c1-12-11-20-16(22)14(10-19-17(20)23-12)15(21)18-9-5-8-13-6-3-2-4-7-13/h2-4,6-7,10-11H,5,8-9H2,1H3,(H,18,21). The highest BCUT2D eigenvalue weighted by molar-refractivity contribution is 7.16. The van der Waals surface area contributed by atoms with Crippen molar-refractivity contribution in [3.63, 3.8) is 0 Å². The first-order chi connectivity index (χ1) is 11.1. The molecule has 0 fully saturated rings. The zero-order valence-electron chi connectivity index (χ0n) is 12.8. The van der Waals surface area contributed by atoms with Gasteiger partial charge in [-0.1, -0.05) is 30.3 Å². The second-order valence-electron chi connectivity index (χ2n) is 5.32. The summed E-state index contributed by atoms with van der Waals surface area (Å²) in [5.74, 6) is -0.367. The Bertz CT molecular complexity index is 884. The number of carbonyl (C=O) groups excluding carboxylic acids is 1.